The zero-order valence-corrected chi connectivity index (χ0v) is 31.6. The van der Waals surface area contributed by atoms with E-state index in [1.54, 1.807) is 48.5 Å². The highest BCUT2D eigenvalue weighted by molar-refractivity contribution is 5.83. The monoisotopic (exact) mass is 703 g/mol. The minimum Gasteiger partial charge on any atom is -0.462 e. The Labute approximate surface area is 292 Å². The summed E-state index contributed by atoms with van der Waals surface area (Å²) in [7, 11) is 3.70. The Kier molecular flexibility index (Phi) is 14.3. The second-order valence-corrected chi connectivity index (χ2v) is 16.0. The van der Waals surface area contributed by atoms with E-state index in [0.29, 0.717) is 12.8 Å². The SMILES string of the molecule is CCC1OC(=O)C(C)C(OC2CC(C)(O)C(O)C(C)O2)C(C)C(OC2OC(C)CC(N(C)C)C2O)C(C)(O)CC(C)C(=O)C(C)C(O)C1C. The number of cyclic esters (lactones) is 1. The Bertz CT molecular complexity index is 1100. The molecule has 286 valence electrons. The van der Waals surface area contributed by atoms with Crippen LogP contribution in [0.15, 0.2) is 0 Å². The lowest BCUT2D eigenvalue weighted by Crippen LogP contribution is -2.60. The van der Waals surface area contributed by atoms with Crippen molar-refractivity contribution in [2.75, 3.05) is 14.1 Å². The fourth-order valence-corrected chi connectivity index (χ4v) is 8.17. The number of aliphatic hydroxyl groups is 5. The van der Waals surface area contributed by atoms with E-state index in [-0.39, 0.29) is 30.8 Å². The maximum atomic E-state index is 14.0. The van der Waals surface area contributed by atoms with Crippen LogP contribution in [0.1, 0.15) is 94.9 Å². The van der Waals surface area contributed by atoms with E-state index in [2.05, 4.69) is 0 Å². The van der Waals surface area contributed by atoms with Crippen molar-refractivity contribution in [3.63, 3.8) is 0 Å². The Morgan fingerprint density at radius 3 is 2.00 bits per heavy atom. The van der Waals surface area contributed by atoms with Gasteiger partial charge in [0.15, 0.2) is 12.6 Å². The van der Waals surface area contributed by atoms with E-state index in [4.69, 9.17) is 23.7 Å². The van der Waals surface area contributed by atoms with Gasteiger partial charge in [-0.1, -0.05) is 34.6 Å². The molecule has 3 rings (SSSR count). The first-order chi connectivity index (χ1) is 22.5. The smallest absolute Gasteiger partial charge is 0.311 e. The molecular weight excluding hydrogens is 638 g/mol. The number of rotatable bonds is 6. The fraction of sp³-hybridized carbons (Fsp3) is 0.944. The lowest BCUT2D eigenvalue weighted by Gasteiger charge is -2.48. The number of carbonyl (C=O) groups is 2. The number of esters is 1. The molecule has 49 heavy (non-hydrogen) atoms. The number of nitrogens with zero attached hydrogens (tertiary/aromatic N) is 1. The van der Waals surface area contributed by atoms with Crippen molar-refractivity contribution in [1.82, 2.24) is 4.90 Å². The number of Topliss-reactive ketones (excluding diaryl/α,β-unsaturated/α-hetero) is 1. The minimum atomic E-state index is -1.74. The van der Waals surface area contributed by atoms with Crippen LogP contribution < -0.4 is 0 Å². The number of ketones is 1. The molecule has 3 aliphatic heterocycles. The third kappa shape index (κ3) is 9.60. The van der Waals surface area contributed by atoms with Gasteiger partial charge in [0.05, 0.1) is 47.6 Å². The lowest BCUT2D eigenvalue weighted by atomic mass is 9.74. The summed E-state index contributed by atoms with van der Waals surface area (Å²) in [5, 5.41) is 56.6. The summed E-state index contributed by atoms with van der Waals surface area (Å²) in [5.41, 5.74) is -3.30. The highest BCUT2D eigenvalue weighted by Gasteiger charge is 2.52. The van der Waals surface area contributed by atoms with Gasteiger partial charge in [-0.05, 0) is 68.0 Å². The summed E-state index contributed by atoms with van der Waals surface area (Å²) < 4.78 is 31.2. The van der Waals surface area contributed by atoms with Crippen LogP contribution in [0.4, 0.5) is 0 Å². The van der Waals surface area contributed by atoms with Gasteiger partial charge in [0.1, 0.15) is 24.1 Å². The summed E-state index contributed by atoms with van der Waals surface area (Å²) >= 11 is 0. The standard InChI is InChI=1S/C36H65NO12/c1-13-25-19(4)28(39)20(5)27(38)17(2)15-36(10,44)32(49-34-29(40)24(37(11)12)14-18(3)45-34)21(6)30(22(7)33(42)47-25)48-26-16-35(9,43)31(41)23(8)46-26/h17-26,28-32,34,39-41,43-44H,13-16H2,1-12H3. The van der Waals surface area contributed by atoms with Crippen LogP contribution in [-0.2, 0) is 33.3 Å². The van der Waals surface area contributed by atoms with Crippen LogP contribution in [0.2, 0.25) is 0 Å². The van der Waals surface area contributed by atoms with E-state index < -0.39 is 102 Å². The molecule has 3 saturated heterocycles. The number of hydrogen-bond acceptors (Lipinski definition) is 13. The van der Waals surface area contributed by atoms with Gasteiger partial charge >= 0.3 is 5.97 Å². The van der Waals surface area contributed by atoms with Crippen molar-refractivity contribution in [2.24, 2.45) is 29.6 Å². The molecule has 0 aromatic rings. The van der Waals surface area contributed by atoms with Gasteiger partial charge in [-0.3, -0.25) is 9.59 Å². The largest absolute Gasteiger partial charge is 0.462 e. The van der Waals surface area contributed by atoms with Crippen LogP contribution in [0.25, 0.3) is 0 Å². The molecule has 0 bridgehead atoms. The average molecular weight is 704 g/mol. The first-order valence-electron chi connectivity index (χ1n) is 18.0. The minimum absolute atomic E-state index is 0.0671. The maximum Gasteiger partial charge on any atom is 0.311 e. The van der Waals surface area contributed by atoms with E-state index in [1.165, 1.54) is 6.92 Å². The van der Waals surface area contributed by atoms with Gasteiger partial charge in [0, 0.05) is 36.1 Å². The van der Waals surface area contributed by atoms with Gasteiger partial charge in [-0.25, -0.2) is 0 Å². The van der Waals surface area contributed by atoms with Gasteiger partial charge in [0.2, 0.25) is 0 Å². The van der Waals surface area contributed by atoms with Crippen LogP contribution in [-0.4, -0.2) is 135 Å². The quantitative estimate of drug-likeness (QED) is 0.254. The Balaban J connectivity index is 2.15. The number of aliphatic hydroxyl groups excluding tert-OH is 3. The highest BCUT2D eigenvalue weighted by atomic mass is 16.7. The Morgan fingerprint density at radius 2 is 1.45 bits per heavy atom. The number of hydrogen-bond donors (Lipinski definition) is 5. The summed E-state index contributed by atoms with van der Waals surface area (Å²) in [5.74, 6) is -4.76. The van der Waals surface area contributed by atoms with Crippen molar-refractivity contribution in [2.45, 2.75) is 174 Å². The number of ether oxygens (including phenoxy) is 5. The van der Waals surface area contributed by atoms with Gasteiger partial charge < -0.3 is 54.1 Å². The molecule has 0 aliphatic carbocycles. The number of carbonyl (C=O) groups excluding carboxylic acids is 2. The second-order valence-electron chi connectivity index (χ2n) is 16.0. The molecule has 5 N–H and O–H groups in total. The van der Waals surface area contributed by atoms with Crippen molar-refractivity contribution < 1.29 is 58.8 Å². The first kappa shape index (κ1) is 42.2. The molecular formula is C36H65NO12. The molecule has 3 heterocycles. The fourth-order valence-electron chi connectivity index (χ4n) is 8.17. The van der Waals surface area contributed by atoms with Gasteiger partial charge in [-0.15, -0.1) is 0 Å². The molecule has 18 unspecified atom stereocenters. The molecule has 0 aromatic carbocycles. The van der Waals surface area contributed by atoms with E-state index in [0.717, 1.165) is 0 Å². The Morgan fingerprint density at radius 1 is 0.837 bits per heavy atom. The zero-order chi connectivity index (χ0) is 37.3. The topological polar surface area (TPSA) is 185 Å². The first-order valence-corrected chi connectivity index (χ1v) is 18.0. The summed E-state index contributed by atoms with van der Waals surface area (Å²) in [6.07, 6.45) is -8.87. The molecule has 3 fully saturated rings. The third-order valence-corrected chi connectivity index (χ3v) is 11.3. The van der Waals surface area contributed by atoms with E-state index in [9.17, 15) is 35.1 Å². The molecule has 0 amide bonds. The normalized spacial score (nSPS) is 49.8. The van der Waals surface area contributed by atoms with Gasteiger partial charge in [0.25, 0.3) is 0 Å². The van der Waals surface area contributed by atoms with Crippen LogP contribution in [0, 0.1) is 29.6 Å². The lowest BCUT2D eigenvalue weighted by molar-refractivity contribution is -0.316. The highest BCUT2D eigenvalue weighted by Crippen LogP contribution is 2.40. The molecule has 0 spiro atoms. The molecule has 0 aromatic heterocycles. The van der Waals surface area contributed by atoms with Crippen LogP contribution in [0.3, 0.4) is 0 Å². The van der Waals surface area contributed by atoms with E-state index >= 15 is 0 Å². The predicted molar refractivity (Wildman–Crippen MR) is 180 cm³/mol. The number of likely N-dealkylation sites (N-methyl/N-ethyl adjacent to an activating group) is 1. The maximum absolute atomic E-state index is 14.0. The molecule has 0 radical (unpaired) electrons. The van der Waals surface area contributed by atoms with Crippen LogP contribution >= 0.6 is 0 Å². The Hall–Kier alpha value is -1.26. The van der Waals surface area contributed by atoms with Crippen molar-refractivity contribution in [3.05, 3.63) is 0 Å². The van der Waals surface area contributed by atoms with Crippen molar-refractivity contribution in [1.29, 1.82) is 0 Å². The zero-order valence-electron chi connectivity index (χ0n) is 31.6. The van der Waals surface area contributed by atoms with Gasteiger partial charge in [-0.2, -0.15) is 0 Å². The molecule has 0 saturated carbocycles. The van der Waals surface area contributed by atoms with Crippen molar-refractivity contribution in [3.8, 4) is 0 Å². The molecule has 13 heteroatoms. The second kappa shape index (κ2) is 16.6. The average Bonchev–Trinajstić information content (AvgIpc) is 3.01. The van der Waals surface area contributed by atoms with E-state index in [1.807, 2.05) is 32.8 Å². The third-order valence-electron chi connectivity index (χ3n) is 11.3. The summed E-state index contributed by atoms with van der Waals surface area (Å²) in [4.78, 5) is 29.6. The van der Waals surface area contributed by atoms with Crippen molar-refractivity contribution >= 4 is 11.8 Å². The molecule has 3 aliphatic rings. The van der Waals surface area contributed by atoms with Crippen LogP contribution in [0.5, 0.6) is 0 Å². The predicted octanol–water partition coefficient (Wildman–Crippen LogP) is 2.02. The summed E-state index contributed by atoms with van der Waals surface area (Å²) in [6, 6.07) is -0.310. The molecule has 13 nitrogen and oxygen atoms in total. The summed E-state index contributed by atoms with van der Waals surface area (Å²) in [6.45, 7) is 16.8. The molecule has 18 atom stereocenters.